The van der Waals surface area contributed by atoms with Crippen molar-refractivity contribution in [2.24, 2.45) is 0 Å². The number of aromatic hydroxyl groups is 1. The summed E-state index contributed by atoms with van der Waals surface area (Å²) >= 11 is 1.60. The van der Waals surface area contributed by atoms with Gasteiger partial charge in [-0.3, -0.25) is 0 Å². The van der Waals surface area contributed by atoms with Gasteiger partial charge in [0.2, 0.25) is 0 Å². The molecule has 6 heteroatoms. The van der Waals surface area contributed by atoms with Crippen LogP contribution in [-0.4, -0.2) is 21.5 Å². The van der Waals surface area contributed by atoms with Crippen LogP contribution < -0.4 is 0 Å². The first-order valence-electron chi connectivity index (χ1n) is 6.03. The lowest BCUT2D eigenvalue weighted by Crippen LogP contribution is -2.27. The van der Waals surface area contributed by atoms with Gasteiger partial charge in [-0.25, -0.2) is 0 Å². The van der Waals surface area contributed by atoms with Crippen molar-refractivity contribution in [2.45, 2.75) is 43.8 Å². The Morgan fingerprint density at radius 1 is 1.37 bits per heavy atom. The van der Waals surface area contributed by atoms with Crippen LogP contribution in [0.3, 0.4) is 0 Å². The van der Waals surface area contributed by atoms with E-state index in [4.69, 9.17) is 0 Å². The van der Waals surface area contributed by atoms with Crippen LogP contribution >= 0.6 is 11.8 Å². The molecule has 0 spiro atoms. The predicted octanol–water partition coefficient (Wildman–Crippen LogP) is 2.93. The van der Waals surface area contributed by atoms with Gasteiger partial charge < -0.3 is 9.94 Å². The fraction of sp³-hybridized carbons (Fsp3) is 0.538. The lowest BCUT2D eigenvalue weighted by molar-refractivity contribution is -0.758. The van der Waals surface area contributed by atoms with Gasteiger partial charge in [0.05, 0.1) is 0 Å². The molecule has 0 fully saturated rings. The summed E-state index contributed by atoms with van der Waals surface area (Å²) in [5.41, 5.74) is 3.88. The monoisotopic (exact) mass is 283 g/mol. The highest BCUT2D eigenvalue weighted by molar-refractivity contribution is 8.01. The Bertz CT molecular complexity index is 519. The molecule has 1 unspecified atom stereocenters. The second-order valence-electron chi connectivity index (χ2n) is 5.26. The maximum Gasteiger partial charge on any atom is 0.294 e. The largest absolute Gasteiger partial charge is 0.507 e. The van der Waals surface area contributed by atoms with E-state index in [1.807, 2.05) is 27.7 Å². The van der Waals surface area contributed by atoms with E-state index in [-0.39, 0.29) is 11.4 Å². The second-order valence-corrected chi connectivity index (χ2v) is 6.86. The molecule has 0 saturated carbocycles. The minimum absolute atomic E-state index is 0.0536. The van der Waals surface area contributed by atoms with Crippen molar-refractivity contribution < 1.29 is 15.0 Å². The van der Waals surface area contributed by atoms with Gasteiger partial charge in [-0.2, -0.15) is 0 Å². The van der Waals surface area contributed by atoms with Crippen LogP contribution in [0.25, 0.3) is 0 Å². The van der Waals surface area contributed by atoms with E-state index in [2.05, 4.69) is 4.84 Å². The molecule has 0 saturated heterocycles. The molecule has 1 aromatic carbocycles. The molecule has 2 rings (SSSR count). The molecule has 0 amide bonds. The quantitative estimate of drug-likeness (QED) is 0.682. The lowest BCUT2D eigenvalue weighted by Gasteiger charge is -2.20. The molecule has 1 aromatic rings. The fourth-order valence-electron chi connectivity index (χ4n) is 2.45. The zero-order valence-corrected chi connectivity index (χ0v) is 12.3. The minimum Gasteiger partial charge on any atom is -0.507 e. The molecule has 0 aromatic heterocycles. The van der Waals surface area contributed by atoms with E-state index in [1.54, 1.807) is 11.8 Å². The van der Waals surface area contributed by atoms with Crippen molar-refractivity contribution in [3.63, 3.8) is 0 Å². The van der Waals surface area contributed by atoms with E-state index in [0.717, 1.165) is 27.1 Å². The first-order valence-corrected chi connectivity index (χ1v) is 6.85. The van der Waals surface area contributed by atoms with Gasteiger partial charge in [0.15, 0.2) is 0 Å². The molecule has 1 aliphatic rings. The minimum atomic E-state index is -0.753. The summed E-state index contributed by atoms with van der Waals surface area (Å²) in [6, 6.07) is 0. The fourth-order valence-corrected chi connectivity index (χ4v) is 3.92. The predicted molar refractivity (Wildman–Crippen MR) is 73.2 cm³/mol. The van der Waals surface area contributed by atoms with Gasteiger partial charge in [0.1, 0.15) is 12.4 Å². The Kier molecular flexibility index (Phi) is 3.38. The smallest absolute Gasteiger partial charge is 0.294 e. The van der Waals surface area contributed by atoms with Gasteiger partial charge >= 0.3 is 0 Å². The van der Waals surface area contributed by atoms with Crippen LogP contribution in [0.1, 0.15) is 29.2 Å². The van der Waals surface area contributed by atoms with Crippen molar-refractivity contribution in [3.8, 4) is 5.75 Å². The zero-order chi connectivity index (χ0) is 14.4. The SMILES string of the molecule is Cc1c(C)c2c(c(C)c1O)CC(C)(CO[N+](=O)[O-])S2. The standard InChI is InChI=1S/C13H17NO4S/c1-7-8(2)12-10(9(3)11(7)15)5-13(4,19-12)6-18-14(16)17/h15H,5-6H2,1-4H3. The molecule has 1 atom stereocenters. The summed E-state index contributed by atoms with van der Waals surface area (Å²) in [4.78, 5) is 16.0. The van der Waals surface area contributed by atoms with Gasteiger partial charge in [-0.05, 0) is 56.4 Å². The third-order valence-corrected chi connectivity index (χ3v) is 5.23. The molecule has 1 heterocycles. The second kappa shape index (κ2) is 4.59. The topological polar surface area (TPSA) is 72.6 Å². The Morgan fingerprint density at radius 2 is 2.00 bits per heavy atom. The summed E-state index contributed by atoms with van der Waals surface area (Å²) in [5.74, 6) is 0.330. The van der Waals surface area contributed by atoms with Crippen molar-refractivity contribution in [2.75, 3.05) is 6.61 Å². The molecule has 0 radical (unpaired) electrons. The molecule has 5 nitrogen and oxygen atoms in total. The number of fused-ring (bicyclic) bond motifs is 1. The molecule has 19 heavy (non-hydrogen) atoms. The number of hydrogen-bond donors (Lipinski definition) is 1. The lowest BCUT2D eigenvalue weighted by atomic mass is 9.93. The van der Waals surface area contributed by atoms with Crippen LogP contribution in [0.5, 0.6) is 5.75 Å². The van der Waals surface area contributed by atoms with Gasteiger partial charge in [0.25, 0.3) is 5.09 Å². The Labute approximate surface area is 116 Å². The van der Waals surface area contributed by atoms with Gasteiger partial charge in [-0.15, -0.1) is 21.9 Å². The van der Waals surface area contributed by atoms with Crippen molar-refractivity contribution >= 4 is 11.8 Å². The molecular weight excluding hydrogens is 266 g/mol. The van der Waals surface area contributed by atoms with Crippen molar-refractivity contribution in [1.29, 1.82) is 0 Å². The summed E-state index contributed by atoms with van der Waals surface area (Å²) in [6.45, 7) is 7.76. The highest BCUT2D eigenvalue weighted by atomic mass is 32.2. The highest BCUT2D eigenvalue weighted by Gasteiger charge is 2.38. The van der Waals surface area contributed by atoms with Crippen molar-refractivity contribution in [1.82, 2.24) is 0 Å². The van der Waals surface area contributed by atoms with E-state index in [1.165, 1.54) is 0 Å². The third-order valence-electron chi connectivity index (χ3n) is 3.71. The number of nitrogens with zero attached hydrogens (tertiary/aromatic N) is 1. The number of rotatable bonds is 3. The molecule has 104 valence electrons. The van der Waals surface area contributed by atoms with Crippen LogP contribution in [0.4, 0.5) is 0 Å². The molecule has 0 aliphatic carbocycles. The first-order chi connectivity index (χ1) is 8.75. The molecule has 0 bridgehead atoms. The average Bonchev–Trinajstić information content (AvgIpc) is 2.71. The number of benzene rings is 1. The van der Waals surface area contributed by atoms with Gasteiger partial charge in [0, 0.05) is 9.64 Å². The molecule has 1 N–H and O–H groups in total. The summed E-state index contributed by atoms with van der Waals surface area (Å²) < 4.78 is -0.356. The maximum absolute atomic E-state index is 10.3. The Balaban J connectivity index is 2.37. The summed E-state index contributed by atoms with van der Waals surface area (Å²) in [7, 11) is 0. The van der Waals surface area contributed by atoms with Crippen LogP contribution in [0, 0.1) is 30.9 Å². The molecule has 1 aliphatic heterocycles. The zero-order valence-electron chi connectivity index (χ0n) is 11.4. The number of hydrogen-bond acceptors (Lipinski definition) is 5. The van der Waals surface area contributed by atoms with E-state index >= 15 is 0 Å². The highest BCUT2D eigenvalue weighted by Crippen LogP contribution is 2.50. The first kappa shape index (κ1) is 14.0. The van der Waals surface area contributed by atoms with E-state index in [0.29, 0.717) is 12.2 Å². The Hall–Kier alpha value is -1.43. The normalized spacial score (nSPS) is 21.3. The summed E-state index contributed by atoms with van der Waals surface area (Å²) in [6.07, 6.45) is 0.668. The number of phenols is 1. The summed E-state index contributed by atoms with van der Waals surface area (Å²) in [5, 5.41) is 19.7. The third kappa shape index (κ3) is 2.36. The van der Waals surface area contributed by atoms with Crippen LogP contribution in [-0.2, 0) is 11.3 Å². The maximum atomic E-state index is 10.3. The van der Waals surface area contributed by atoms with Crippen LogP contribution in [0.2, 0.25) is 0 Å². The Morgan fingerprint density at radius 3 is 2.58 bits per heavy atom. The van der Waals surface area contributed by atoms with E-state index < -0.39 is 5.09 Å². The number of thioether (sulfide) groups is 1. The number of phenolic OH excluding ortho intramolecular Hbond substituents is 1. The van der Waals surface area contributed by atoms with E-state index in [9.17, 15) is 15.2 Å². The average molecular weight is 283 g/mol. The molecular formula is C13H17NO4S. The van der Waals surface area contributed by atoms with Crippen molar-refractivity contribution in [3.05, 3.63) is 32.4 Å². The van der Waals surface area contributed by atoms with Crippen LogP contribution in [0.15, 0.2) is 4.90 Å². The van der Waals surface area contributed by atoms with Gasteiger partial charge in [-0.1, -0.05) is 0 Å².